The zero-order valence-electron chi connectivity index (χ0n) is 7.18. The first-order valence-electron chi connectivity index (χ1n) is 4.03. The molecule has 0 aliphatic carbocycles. The van der Waals surface area contributed by atoms with Gasteiger partial charge in [0.15, 0.2) is 6.29 Å². The third-order valence-corrected chi connectivity index (χ3v) is 2.05. The van der Waals surface area contributed by atoms with E-state index in [0.29, 0.717) is 10.1 Å². The molecule has 70 valence electrons. The normalized spacial score (nSPS) is 10.3. The van der Waals surface area contributed by atoms with Crippen LogP contribution in [0.3, 0.4) is 0 Å². The van der Waals surface area contributed by atoms with Gasteiger partial charge in [-0.1, -0.05) is 24.3 Å². The molecule has 0 aliphatic rings. The van der Waals surface area contributed by atoms with Crippen LogP contribution in [-0.2, 0) is 4.79 Å². The van der Waals surface area contributed by atoms with E-state index in [-0.39, 0.29) is 12.0 Å². The number of nitrogens with zero attached hydrogens (tertiary/aromatic N) is 1. The second-order valence-electron chi connectivity index (χ2n) is 2.89. The molecule has 0 amide bonds. The Labute approximate surface area is 79.3 Å². The number of rotatable bonds is 2. The van der Waals surface area contributed by atoms with Crippen LogP contribution in [0, 0.1) is 0 Å². The first-order chi connectivity index (χ1) is 6.74. The maximum atomic E-state index is 11.2. The Morgan fingerprint density at radius 3 is 2.79 bits per heavy atom. The first kappa shape index (κ1) is 8.50. The SMILES string of the molecule is O=CC(=O)c1c2ccccc2cn1O. The molecule has 4 nitrogen and oxygen atoms in total. The first-order valence-corrected chi connectivity index (χ1v) is 4.03. The van der Waals surface area contributed by atoms with Gasteiger partial charge in [-0.15, -0.1) is 0 Å². The zero-order chi connectivity index (χ0) is 10.1. The Morgan fingerprint density at radius 2 is 2.07 bits per heavy atom. The van der Waals surface area contributed by atoms with Gasteiger partial charge < -0.3 is 5.21 Å². The third-order valence-electron chi connectivity index (χ3n) is 2.05. The standard InChI is InChI=1S/C10H7NO3/c12-6-9(13)10-8-4-2-1-3-7(8)5-11(10)14/h1-6,14H. The average molecular weight is 189 g/mol. The van der Waals surface area contributed by atoms with Crippen LogP contribution in [0.4, 0.5) is 0 Å². The van der Waals surface area contributed by atoms with Crippen LogP contribution in [0.1, 0.15) is 10.5 Å². The van der Waals surface area contributed by atoms with Crippen molar-refractivity contribution in [1.82, 2.24) is 4.73 Å². The summed E-state index contributed by atoms with van der Waals surface area (Å²) in [5.41, 5.74) is 0.00981. The van der Waals surface area contributed by atoms with Crippen molar-refractivity contribution in [2.24, 2.45) is 0 Å². The number of Topliss-reactive ketones (excluding diaryl/α,β-unsaturated/α-hetero) is 1. The maximum absolute atomic E-state index is 11.2. The van der Waals surface area contributed by atoms with Crippen molar-refractivity contribution < 1.29 is 14.8 Å². The molecule has 1 aromatic heterocycles. The van der Waals surface area contributed by atoms with E-state index in [2.05, 4.69) is 0 Å². The summed E-state index contributed by atoms with van der Waals surface area (Å²) in [5, 5.41) is 10.7. The van der Waals surface area contributed by atoms with Crippen LogP contribution in [-0.4, -0.2) is 22.0 Å². The van der Waals surface area contributed by atoms with Crippen molar-refractivity contribution in [3.8, 4) is 0 Å². The van der Waals surface area contributed by atoms with Gasteiger partial charge in [0, 0.05) is 10.8 Å². The van der Waals surface area contributed by atoms with E-state index in [1.807, 2.05) is 0 Å². The van der Waals surface area contributed by atoms with E-state index in [0.717, 1.165) is 5.39 Å². The summed E-state index contributed by atoms with van der Waals surface area (Å²) >= 11 is 0. The van der Waals surface area contributed by atoms with E-state index in [1.54, 1.807) is 24.3 Å². The lowest BCUT2D eigenvalue weighted by molar-refractivity contribution is -0.104. The van der Waals surface area contributed by atoms with E-state index in [9.17, 15) is 14.8 Å². The van der Waals surface area contributed by atoms with Gasteiger partial charge in [0.1, 0.15) is 5.69 Å². The molecular weight excluding hydrogens is 182 g/mol. The molecule has 0 spiro atoms. The lowest BCUT2D eigenvalue weighted by Gasteiger charge is -1.95. The number of ketones is 1. The molecule has 1 aromatic carbocycles. The topological polar surface area (TPSA) is 59.3 Å². The molecule has 2 aromatic rings. The Balaban J connectivity index is 2.80. The molecule has 2 rings (SSSR count). The summed E-state index contributed by atoms with van der Waals surface area (Å²) in [6.07, 6.45) is 1.58. The molecule has 0 unspecified atom stereocenters. The third kappa shape index (κ3) is 1.08. The van der Waals surface area contributed by atoms with Gasteiger partial charge in [-0.3, -0.25) is 9.59 Å². The van der Waals surface area contributed by atoms with Crippen LogP contribution in [0.15, 0.2) is 30.5 Å². The molecule has 0 aliphatic heterocycles. The van der Waals surface area contributed by atoms with Gasteiger partial charge in [0.05, 0.1) is 6.20 Å². The van der Waals surface area contributed by atoms with Gasteiger partial charge in [0.2, 0.25) is 5.78 Å². The van der Waals surface area contributed by atoms with Gasteiger partial charge in [-0.05, 0) is 0 Å². The Morgan fingerprint density at radius 1 is 1.36 bits per heavy atom. The quantitative estimate of drug-likeness (QED) is 0.335. The second kappa shape index (κ2) is 2.99. The fourth-order valence-electron chi connectivity index (χ4n) is 1.45. The minimum atomic E-state index is -0.728. The predicted molar refractivity (Wildman–Crippen MR) is 49.5 cm³/mol. The molecule has 0 saturated carbocycles. The van der Waals surface area contributed by atoms with Crippen LogP contribution in [0.5, 0.6) is 0 Å². The highest BCUT2D eigenvalue weighted by molar-refractivity contribution is 6.35. The molecule has 4 heteroatoms. The number of fused-ring (bicyclic) bond motifs is 1. The number of aromatic nitrogens is 1. The minimum Gasteiger partial charge on any atom is -0.428 e. The Kier molecular flexibility index (Phi) is 1.81. The lowest BCUT2D eigenvalue weighted by atomic mass is 10.1. The number of carbonyl (C=O) groups is 2. The highest BCUT2D eigenvalue weighted by atomic mass is 16.5. The van der Waals surface area contributed by atoms with Gasteiger partial charge in [0.25, 0.3) is 0 Å². The Hall–Kier alpha value is -2.10. The van der Waals surface area contributed by atoms with Crippen molar-refractivity contribution in [2.45, 2.75) is 0 Å². The summed E-state index contributed by atoms with van der Waals surface area (Å²) in [6.45, 7) is 0. The predicted octanol–water partition coefficient (Wildman–Crippen LogP) is 1.26. The molecule has 1 heterocycles. The van der Waals surface area contributed by atoms with E-state index in [1.165, 1.54) is 6.20 Å². The molecule has 0 fully saturated rings. The second-order valence-corrected chi connectivity index (χ2v) is 2.89. The smallest absolute Gasteiger partial charge is 0.245 e. The molecule has 0 atom stereocenters. The fraction of sp³-hybridized carbons (Fsp3) is 0. The molecule has 14 heavy (non-hydrogen) atoms. The van der Waals surface area contributed by atoms with Gasteiger partial charge in [-0.2, -0.15) is 4.73 Å². The largest absolute Gasteiger partial charge is 0.428 e. The van der Waals surface area contributed by atoms with E-state index in [4.69, 9.17) is 0 Å². The lowest BCUT2D eigenvalue weighted by Crippen LogP contribution is -2.06. The fourth-order valence-corrected chi connectivity index (χ4v) is 1.45. The minimum absolute atomic E-state index is 0.00981. The molecule has 0 bridgehead atoms. The van der Waals surface area contributed by atoms with Gasteiger partial charge in [-0.25, -0.2) is 0 Å². The maximum Gasteiger partial charge on any atom is 0.245 e. The van der Waals surface area contributed by atoms with Crippen LogP contribution < -0.4 is 0 Å². The summed E-state index contributed by atoms with van der Waals surface area (Å²) in [7, 11) is 0. The van der Waals surface area contributed by atoms with Crippen LogP contribution in [0.25, 0.3) is 10.8 Å². The van der Waals surface area contributed by atoms with E-state index < -0.39 is 5.78 Å². The van der Waals surface area contributed by atoms with Crippen molar-refractivity contribution in [1.29, 1.82) is 0 Å². The monoisotopic (exact) mass is 189 g/mol. The molecule has 0 radical (unpaired) electrons. The van der Waals surface area contributed by atoms with Gasteiger partial charge >= 0.3 is 0 Å². The summed E-state index contributed by atoms with van der Waals surface area (Å²) in [5.74, 6) is -0.728. The number of hydrogen-bond acceptors (Lipinski definition) is 3. The highest BCUT2D eigenvalue weighted by Crippen LogP contribution is 2.19. The number of carbonyl (C=O) groups excluding carboxylic acids is 2. The summed E-state index contributed by atoms with van der Waals surface area (Å²) in [6, 6.07) is 6.96. The van der Waals surface area contributed by atoms with Crippen molar-refractivity contribution in [2.75, 3.05) is 0 Å². The van der Waals surface area contributed by atoms with Crippen LogP contribution >= 0.6 is 0 Å². The number of hydrogen-bond donors (Lipinski definition) is 1. The number of benzene rings is 1. The van der Waals surface area contributed by atoms with E-state index >= 15 is 0 Å². The highest BCUT2D eigenvalue weighted by Gasteiger charge is 2.15. The molecule has 1 N–H and O–H groups in total. The van der Waals surface area contributed by atoms with Crippen molar-refractivity contribution >= 4 is 22.8 Å². The van der Waals surface area contributed by atoms with Crippen LogP contribution in [0.2, 0.25) is 0 Å². The molecular formula is C10H7NO3. The van der Waals surface area contributed by atoms with Crippen molar-refractivity contribution in [3.05, 3.63) is 36.2 Å². The Bertz CT molecular complexity index is 513. The average Bonchev–Trinajstić information content (AvgIpc) is 2.53. The summed E-state index contributed by atoms with van der Waals surface area (Å²) < 4.78 is 0.682. The molecule has 0 saturated heterocycles. The van der Waals surface area contributed by atoms with Crippen molar-refractivity contribution in [3.63, 3.8) is 0 Å². The zero-order valence-corrected chi connectivity index (χ0v) is 7.18. The number of aldehydes is 1. The summed E-state index contributed by atoms with van der Waals surface area (Å²) in [4.78, 5) is 21.5.